The molecule has 1 aromatic carbocycles. The van der Waals surface area contributed by atoms with Crippen molar-refractivity contribution in [3.8, 4) is 0 Å². The van der Waals surface area contributed by atoms with E-state index in [1.54, 1.807) is 0 Å². The van der Waals surface area contributed by atoms with Crippen molar-refractivity contribution < 1.29 is 9.31 Å². The van der Waals surface area contributed by atoms with Gasteiger partial charge in [0.1, 0.15) is 0 Å². The summed E-state index contributed by atoms with van der Waals surface area (Å²) >= 11 is -2.04. The number of rotatable bonds is 4. The van der Waals surface area contributed by atoms with Gasteiger partial charge in [-0.3, -0.25) is 0 Å². The van der Waals surface area contributed by atoms with Gasteiger partial charge < -0.3 is 0 Å². The molecule has 0 radical (unpaired) electrons. The van der Waals surface area contributed by atoms with Gasteiger partial charge in [-0.2, -0.15) is 0 Å². The van der Waals surface area contributed by atoms with E-state index in [1.807, 2.05) is 0 Å². The normalized spacial score (nSPS) is 22.2. The molecule has 0 amide bonds. The number of benzene rings is 1. The topological polar surface area (TPSA) is 18.5 Å². The molecule has 1 aliphatic rings. The molecule has 2 nitrogen and oxygen atoms in total. The molecule has 0 aromatic heterocycles. The minimum atomic E-state index is -2.04. The number of hydrogen-bond donors (Lipinski definition) is 0. The Bertz CT molecular complexity index is 536. The zero-order chi connectivity index (χ0) is 17.7. The molecule has 128 valence electrons. The predicted octanol–water partition coefficient (Wildman–Crippen LogP) is 4.48. The van der Waals surface area contributed by atoms with Gasteiger partial charge in [0.15, 0.2) is 0 Å². The molecule has 0 bridgehead atoms. The van der Waals surface area contributed by atoms with Crippen LogP contribution in [0.1, 0.15) is 27.7 Å². The second kappa shape index (κ2) is 6.04. The molecule has 0 saturated carbocycles. The van der Waals surface area contributed by atoms with E-state index in [9.17, 15) is 0 Å². The average Bonchev–Trinajstić information content (AvgIpc) is 2.56. The molecule has 5 heteroatoms. The average molecular weight is 393 g/mol. The maximum atomic E-state index is 6.52. The second-order valence-corrected chi connectivity index (χ2v) is 26.6. The summed E-state index contributed by atoms with van der Waals surface area (Å²) in [5, 5.41) is 1.51. The first-order valence-electron chi connectivity index (χ1n) is 8.70. The van der Waals surface area contributed by atoms with Gasteiger partial charge in [0, 0.05) is 0 Å². The van der Waals surface area contributed by atoms with Crippen LogP contribution in [0.4, 0.5) is 0 Å². The fourth-order valence-electron chi connectivity index (χ4n) is 3.90. The Labute approximate surface area is 146 Å². The van der Waals surface area contributed by atoms with Crippen LogP contribution in [0.25, 0.3) is 0 Å². The Morgan fingerprint density at radius 2 is 1.35 bits per heavy atom. The molecule has 1 fully saturated rings. The first-order chi connectivity index (χ1) is 10.3. The fraction of sp³-hybridized carbons (Fsp3) is 0.667. The van der Waals surface area contributed by atoms with E-state index in [0.29, 0.717) is 4.27 Å². The number of hydrogen-bond acceptors (Lipinski definition) is 2. The van der Waals surface area contributed by atoms with E-state index < -0.39 is 21.3 Å². The summed E-state index contributed by atoms with van der Waals surface area (Å²) in [5.74, 6) is 7.52. The van der Waals surface area contributed by atoms with E-state index in [4.69, 9.17) is 9.31 Å². The van der Waals surface area contributed by atoms with Crippen molar-refractivity contribution in [1.29, 1.82) is 0 Å². The van der Waals surface area contributed by atoms with E-state index in [2.05, 4.69) is 88.4 Å². The van der Waals surface area contributed by atoms with Crippen molar-refractivity contribution in [2.75, 3.05) is 0 Å². The van der Waals surface area contributed by atoms with Crippen LogP contribution in [0, 0.1) is 0 Å². The Kier molecular flexibility index (Phi) is 5.07. The summed E-state index contributed by atoms with van der Waals surface area (Å²) in [6, 6.07) is 11.1. The Balaban J connectivity index is 2.44. The molecule has 1 unspecified atom stereocenters. The zero-order valence-corrected chi connectivity index (χ0v) is 19.5. The molecule has 1 heterocycles. The third-order valence-electron chi connectivity index (χ3n) is 5.77. The van der Waals surface area contributed by atoms with Crippen molar-refractivity contribution in [2.45, 2.75) is 73.5 Å². The molecule has 1 aliphatic heterocycles. The third-order valence-corrected chi connectivity index (χ3v) is 22.9. The summed E-state index contributed by atoms with van der Waals surface area (Å²) < 4.78 is 13.6. The van der Waals surface area contributed by atoms with Crippen LogP contribution in [0.15, 0.2) is 30.3 Å². The molecular formula is C18H33BGeO2Si. The van der Waals surface area contributed by atoms with Crippen molar-refractivity contribution >= 4 is 33.6 Å². The van der Waals surface area contributed by atoms with Crippen molar-refractivity contribution in [1.82, 2.24) is 0 Å². The van der Waals surface area contributed by atoms with Crippen molar-refractivity contribution in [2.24, 2.45) is 0 Å². The standard InChI is InChI=1S/C18H33BGeO2Si/c1-17(2)18(3,4)22-19(21-17)16(20(5,6)7)23(8,9)15-13-11-10-12-14-15/h10-14,16H,1-9H3. The minimum absolute atomic E-state index is 0.0677. The Morgan fingerprint density at radius 3 is 1.74 bits per heavy atom. The van der Waals surface area contributed by atoms with Crippen LogP contribution in [0.3, 0.4) is 0 Å². The first-order valence-corrected chi connectivity index (χ1v) is 19.3. The van der Waals surface area contributed by atoms with E-state index in [1.165, 1.54) is 5.19 Å². The van der Waals surface area contributed by atoms with Crippen LogP contribution in [0.2, 0.25) is 34.6 Å². The summed E-state index contributed by atoms with van der Waals surface area (Å²) in [6.07, 6.45) is 0. The van der Waals surface area contributed by atoms with Crippen LogP contribution in [0.5, 0.6) is 0 Å². The van der Waals surface area contributed by atoms with E-state index in [-0.39, 0.29) is 18.3 Å². The SMILES string of the molecule is CC1(C)OB([CH]([Si](C)(C)c2ccccc2)[Ge]([CH3])([CH3])[CH3])OC1(C)C. The molecule has 0 aliphatic carbocycles. The quantitative estimate of drug-likeness (QED) is 0.703. The third kappa shape index (κ3) is 3.65. The first kappa shape index (κ1) is 19.3. The van der Waals surface area contributed by atoms with E-state index in [0.717, 1.165) is 0 Å². The van der Waals surface area contributed by atoms with E-state index >= 15 is 0 Å². The van der Waals surface area contributed by atoms with Gasteiger partial charge in [0.05, 0.1) is 0 Å². The molecule has 1 atom stereocenters. The Morgan fingerprint density at radius 1 is 0.913 bits per heavy atom. The zero-order valence-electron chi connectivity index (χ0n) is 16.4. The monoisotopic (exact) mass is 394 g/mol. The molecule has 1 aromatic rings. The summed E-state index contributed by atoms with van der Waals surface area (Å²) in [6.45, 7) is 13.6. The van der Waals surface area contributed by atoms with Crippen LogP contribution >= 0.6 is 0 Å². The van der Waals surface area contributed by atoms with Gasteiger partial charge in [-0.25, -0.2) is 0 Å². The molecule has 2 rings (SSSR count). The van der Waals surface area contributed by atoms with Gasteiger partial charge in [-0.05, 0) is 0 Å². The van der Waals surface area contributed by atoms with Gasteiger partial charge in [0.2, 0.25) is 0 Å². The van der Waals surface area contributed by atoms with Gasteiger partial charge >= 0.3 is 147 Å². The van der Waals surface area contributed by atoms with Crippen LogP contribution in [-0.2, 0) is 9.31 Å². The van der Waals surface area contributed by atoms with Gasteiger partial charge in [-0.1, -0.05) is 0 Å². The van der Waals surface area contributed by atoms with Crippen LogP contribution < -0.4 is 5.19 Å². The van der Waals surface area contributed by atoms with Crippen molar-refractivity contribution in [3.63, 3.8) is 0 Å². The van der Waals surface area contributed by atoms with Crippen LogP contribution in [-0.4, -0.2) is 39.7 Å². The molecule has 0 N–H and O–H groups in total. The Hall–Kier alpha value is -0.0353. The molecule has 1 saturated heterocycles. The molecule has 23 heavy (non-hydrogen) atoms. The second-order valence-electron chi connectivity index (χ2n) is 9.56. The maximum absolute atomic E-state index is 6.52. The summed E-state index contributed by atoms with van der Waals surface area (Å²) in [7, 11) is -1.77. The molecular weight excluding hydrogens is 360 g/mol. The predicted molar refractivity (Wildman–Crippen MR) is 107 cm³/mol. The van der Waals surface area contributed by atoms with Gasteiger partial charge in [0.25, 0.3) is 0 Å². The summed E-state index contributed by atoms with van der Waals surface area (Å²) in [4.78, 5) is 0. The summed E-state index contributed by atoms with van der Waals surface area (Å²) in [5.41, 5.74) is -0.491. The fourth-order valence-corrected chi connectivity index (χ4v) is 25.0. The molecule has 0 spiro atoms. The van der Waals surface area contributed by atoms with Gasteiger partial charge in [-0.15, -0.1) is 0 Å². The van der Waals surface area contributed by atoms with Crippen molar-refractivity contribution in [3.05, 3.63) is 30.3 Å².